The van der Waals surface area contributed by atoms with E-state index in [4.69, 9.17) is 4.74 Å². The lowest BCUT2D eigenvalue weighted by atomic mass is 10.2. The van der Waals surface area contributed by atoms with Gasteiger partial charge in [0.25, 0.3) is 5.91 Å². The van der Waals surface area contributed by atoms with Crippen molar-refractivity contribution >= 4 is 17.7 Å². The summed E-state index contributed by atoms with van der Waals surface area (Å²) in [6.45, 7) is 4.60. The van der Waals surface area contributed by atoms with Crippen LogP contribution < -0.4 is 10.1 Å². The Kier molecular flexibility index (Phi) is 6.71. The number of nitrogens with one attached hydrogen (secondary N) is 1. The number of amides is 1. The first kappa shape index (κ1) is 19.9. The van der Waals surface area contributed by atoms with E-state index in [0.717, 1.165) is 17.3 Å². The molecule has 0 aliphatic carbocycles. The van der Waals surface area contributed by atoms with Gasteiger partial charge in [-0.1, -0.05) is 43.8 Å². The summed E-state index contributed by atoms with van der Waals surface area (Å²) in [4.78, 5) is 12.5. The lowest BCUT2D eigenvalue weighted by Crippen LogP contribution is -2.24. The maximum atomic E-state index is 12.5. The number of carbonyl (C=O) groups excluding carboxylic acids is 1. The molecular weight excluding hydrogens is 372 g/mol. The van der Waals surface area contributed by atoms with Crippen LogP contribution in [-0.2, 0) is 6.54 Å². The van der Waals surface area contributed by atoms with Gasteiger partial charge >= 0.3 is 0 Å². The van der Waals surface area contributed by atoms with Gasteiger partial charge in [-0.3, -0.25) is 9.36 Å². The molecule has 0 fully saturated rings. The smallest absolute Gasteiger partial charge is 0.251 e. The van der Waals surface area contributed by atoms with Gasteiger partial charge in [-0.25, -0.2) is 0 Å². The minimum absolute atomic E-state index is 0.165. The summed E-state index contributed by atoms with van der Waals surface area (Å²) < 4.78 is 7.14. The average Bonchev–Trinajstić information content (AvgIpc) is 3.14. The molecule has 28 heavy (non-hydrogen) atoms. The van der Waals surface area contributed by atoms with E-state index in [1.807, 2.05) is 34.9 Å². The van der Waals surface area contributed by atoms with Crippen LogP contribution >= 0.6 is 11.8 Å². The van der Waals surface area contributed by atoms with Crippen molar-refractivity contribution in [1.82, 2.24) is 20.1 Å². The molecule has 0 bridgehead atoms. The number of thioether (sulfide) groups is 1. The van der Waals surface area contributed by atoms with Crippen LogP contribution in [0, 0.1) is 0 Å². The predicted molar refractivity (Wildman–Crippen MR) is 111 cm³/mol. The first-order valence-corrected chi connectivity index (χ1v) is 10.1. The quantitative estimate of drug-likeness (QED) is 0.581. The molecular formula is C21H24N4O2S. The second-order valence-corrected chi connectivity index (χ2v) is 7.72. The Bertz CT molecular complexity index is 910. The second kappa shape index (κ2) is 9.41. The minimum Gasteiger partial charge on any atom is -0.497 e. The first-order valence-electron chi connectivity index (χ1n) is 9.21. The zero-order chi connectivity index (χ0) is 19.9. The summed E-state index contributed by atoms with van der Waals surface area (Å²) in [6, 6.07) is 17.0. The van der Waals surface area contributed by atoms with E-state index in [1.165, 1.54) is 0 Å². The molecule has 146 valence electrons. The van der Waals surface area contributed by atoms with Crippen molar-refractivity contribution in [2.24, 2.45) is 0 Å². The van der Waals surface area contributed by atoms with Gasteiger partial charge in [-0.15, -0.1) is 10.2 Å². The monoisotopic (exact) mass is 396 g/mol. The highest BCUT2D eigenvalue weighted by molar-refractivity contribution is 7.99. The van der Waals surface area contributed by atoms with E-state index in [-0.39, 0.29) is 12.5 Å². The van der Waals surface area contributed by atoms with Crippen molar-refractivity contribution in [2.45, 2.75) is 37.2 Å². The van der Waals surface area contributed by atoms with Crippen LogP contribution in [0.15, 0.2) is 59.8 Å². The zero-order valence-corrected chi connectivity index (χ0v) is 17.1. The third-order valence-corrected chi connectivity index (χ3v) is 5.57. The van der Waals surface area contributed by atoms with Crippen molar-refractivity contribution in [1.29, 1.82) is 0 Å². The van der Waals surface area contributed by atoms with Gasteiger partial charge < -0.3 is 10.1 Å². The lowest BCUT2D eigenvalue weighted by molar-refractivity contribution is 0.0949. The minimum atomic E-state index is -0.165. The highest BCUT2D eigenvalue weighted by Gasteiger charge is 2.17. The maximum Gasteiger partial charge on any atom is 0.251 e. The zero-order valence-electron chi connectivity index (χ0n) is 16.3. The van der Waals surface area contributed by atoms with Crippen molar-refractivity contribution in [3.05, 3.63) is 66.0 Å². The lowest BCUT2D eigenvalue weighted by Gasteiger charge is -2.13. The highest BCUT2D eigenvalue weighted by atomic mass is 32.2. The molecule has 3 rings (SSSR count). The summed E-state index contributed by atoms with van der Waals surface area (Å²) in [5.41, 5.74) is 1.55. The number of methoxy groups -OCH3 is 1. The van der Waals surface area contributed by atoms with Crippen molar-refractivity contribution < 1.29 is 9.53 Å². The standard InChI is InChI=1S/C21H24N4O2S/c1-4-15(2)28-21-24-23-19(25(21)17-8-6-5-7-9-17)14-22-20(26)16-10-12-18(27-3)13-11-16/h5-13,15H,4,14H2,1-3H3,(H,22,26). The Labute approximate surface area is 169 Å². The Morgan fingerprint density at radius 1 is 1.14 bits per heavy atom. The van der Waals surface area contributed by atoms with E-state index < -0.39 is 0 Å². The van der Waals surface area contributed by atoms with Crippen LogP contribution in [0.3, 0.4) is 0 Å². The molecule has 3 aromatic rings. The molecule has 1 heterocycles. The summed E-state index contributed by atoms with van der Waals surface area (Å²) in [7, 11) is 1.60. The molecule has 0 spiro atoms. The van der Waals surface area contributed by atoms with Gasteiger partial charge in [-0.2, -0.15) is 0 Å². The molecule has 6 nitrogen and oxygen atoms in total. The number of hydrogen-bond acceptors (Lipinski definition) is 5. The van der Waals surface area contributed by atoms with E-state index in [9.17, 15) is 4.79 Å². The van der Waals surface area contributed by atoms with Crippen molar-refractivity contribution in [3.8, 4) is 11.4 Å². The van der Waals surface area contributed by atoms with E-state index in [1.54, 1.807) is 43.1 Å². The van der Waals surface area contributed by atoms with Gasteiger partial charge in [0, 0.05) is 16.5 Å². The molecule has 0 radical (unpaired) electrons. The molecule has 1 amide bonds. The highest BCUT2D eigenvalue weighted by Crippen LogP contribution is 2.27. The molecule has 0 aliphatic heterocycles. The Morgan fingerprint density at radius 3 is 2.50 bits per heavy atom. The SMILES string of the molecule is CCC(C)Sc1nnc(CNC(=O)c2ccc(OC)cc2)n1-c1ccccc1. The van der Waals surface area contributed by atoms with E-state index in [0.29, 0.717) is 22.4 Å². The average molecular weight is 397 g/mol. The molecule has 1 N–H and O–H groups in total. The van der Waals surface area contributed by atoms with Crippen LogP contribution in [0.5, 0.6) is 5.75 Å². The van der Waals surface area contributed by atoms with Crippen LogP contribution in [0.1, 0.15) is 36.5 Å². The summed E-state index contributed by atoms with van der Waals surface area (Å²) >= 11 is 1.68. The number of rotatable bonds is 8. The van der Waals surface area contributed by atoms with Gasteiger partial charge in [0.1, 0.15) is 5.75 Å². The van der Waals surface area contributed by atoms with Crippen LogP contribution in [0.4, 0.5) is 0 Å². The molecule has 0 aliphatic rings. The summed E-state index contributed by atoms with van der Waals surface area (Å²) in [5, 5.41) is 12.9. The molecule has 0 saturated carbocycles. The Balaban J connectivity index is 1.80. The van der Waals surface area contributed by atoms with Crippen molar-refractivity contribution in [2.75, 3.05) is 7.11 Å². The molecule has 7 heteroatoms. The number of aromatic nitrogens is 3. The van der Waals surface area contributed by atoms with Crippen molar-refractivity contribution in [3.63, 3.8) is 0 Å². The number of nitrogens with zero attached hydrogens (tertiary/aromatic N) is 3. The molecule has 0 saturated heterocycles. The van der Waals surface area contributed by atoms with Gasteiger partial charge in [0.05, 0.1) is 13.7 Å². The molecule has 1 unspecified atom stereocenters. The Hall–Kier alpha value is -2.80. The predicted octanol–water partition coefficient (Wildman–Crippen LogP) is 4.10. The fourth-order valence-corrected chi connectivity index (χ4v) is 3.53. The number of hydrogen-bond donors (Lipinski definition) is 1. The summed E-state index contributed by atoms with van der Waals surface area (Å²) in [5.74, 6) is 1.24. The molecule has 1 aromatic heterocycles. The number of para-hydroxylation sites is 1. The van der Waals surface area contributed by atoms with Crippen LogP contribution in [-0.4, -0.2) is 33.0 Å². The van der Waals surface area contributed by atoms with E-state index in [2.05, 4.69) is 29.4 Å². The fraction of sp³-hybridized carbons (Fsp3) is 0.286. The normalized spacial score (nSPS) is 11.8. The van der Waals surface area contributed by atoms with Crippen LogP contribution in [0.2, 0.25) is 0 Å². The van der Waals surface area contributed by atoms with Gasteiger partial charge in [0.15, 0.2) is 11.0 Å². The third kappa shape index (κ3) is 4.72. The molecule has 2 aromatic carbocycles. The maximum absolute atomic E-state index is 12.5. The second-order valence-electron chi connectivity index (χ2n) is 6.32. The topological polar surface area (TPSA) is 69.0 Å². The summed E-state index contributed by atoms with van der Waals surface area (Å²) in [6.07, 6.45) is 1.04. The van der Waals surface area contributed by atoms with Gasteiger partial charge in [-0.05, 0) is 42.8 Å². The number of benzene rings is 2. The fourth-order valence-electron chi connectivity index (χ4n) is 2.59. The Morgan fingerprint density at radius 2 is 1.86 bits per heavy atom. The number of carbonyl (C=O) groups is 1. The van der Waals surface area contributed by atoms with Gasteiger partial charge in [0.2, 0.25) is 0 Å². The largest absolute Gasteiger partial charge is 0.497 e. The van der Waals surface area contributed by atoms with Crippen LogP contribution in [0.25, 0.3) is 5.69 Å². The van der Waals surface area contributed by atoms with E-state index >= 15 is 0 Å². The first-order chi connectivity index (χ1) is 13.6. The third-order valence-electron chi connectivity index (χ3n) is 4.36. The number of ether oxygens (including phenoxy) is 1. The molecule has 1 atom stereocenters.